The van der Waals surface area contributed by atoms with Crippen molar-refractivity contribution in [3.63, 3.8) is 0 Å². The summed E-state index contributed by atoms with van der Waals surface area (Å²) in [5.41, 5.74) is -0.143. The molecule has 1 atom stereocenters. The van der Waals surface area contributed by atoms with Gasteiger partial charge in [-0.05, 0) is 32.7 Å². The van der Waals surface area contributed by atoms with Gasteiger partial charge in [-0.1, -0.05) is 0 Å². The maximum absolute atomic E-state index is 12.4. The van der Waals surface area contributed by atoms with Crippen LogP contribution in [-0.2, 0) is 23.1 Å². The van der Waals surface area contributed by atoms with E-state index >= 15 is 0 Å². The summed E-state index contributed by atoms with van der Waals surface area (Å²) >= 11 is 0. The van der Waals surface area contributed by atoms with Gasteiger partial charge in [0, 0.05) is 39.6 Å². The molecule has 0 aliphatic carbocycles. The summed E-state index contributed by atoms with van der Waals surface area (Å²) in [6.45, 7) is 4.69. The molecule has 1 N–H and O–H groups in total. The Morgan fingerprint density at radius 3 is 2.70 bits per heavy atom. The molecule has 1 unspecified atom stereocenters. The summed E-state index contributed by atoms with van der Waals surface area (Å²) in [4.78, 5) is 12.4. The standard InChI is InChI=1S/C14H27N5O3S/c1-4-18-13(12-7-5-8-15-11-12)16-19(14(18)20)9-6-10-23(21,22)17(2)3/h12,15H,4-11H2,1-3H3. The predicted molar refractivity (Wildman–Crippen MR) is 89.1 cm³/mol. The Bertz CT molecular complexity index is 671. The van der Waals surface area contributed by atoms with E-state index < -0.39 is 10.0 Å². The fourth-order valence-corrected chi connectivity index (χ4v) is 3.71. The number of hydrogen-bond donors (Lipinski definition) is 1. The Hall–Kier alpha value is -1.19. The number of nitrogens with one attached hydrogen (secondary N) is 1. The van der Waals surface area contributed by atoms with Gasteiger partial charge in [-0.3, -0.25) is 4.57 Å². The van der Waals surface area contributed by atoms with Crippen molar-refractivity contribution in [3.8, 4) is 0 Å². The van der Waals surface area contributed by atoms with Crippen LogP contribution in [0.4, 0.5) is 0 Å². The zero-order valence-corrected chi connectivity index (χ0v) is 15.0. The normalized spacial score (nSPS) is 19.4. The smallest absolute Gasteiger partial charge is 0.316 e. The maximum atomic E-state index is 12.4. The second-order valence-electron chi connectivity index (χ2n) is 6.10. The summed E-state index contributed by atoms with van der Waals surface area (Å²) in [7, 11) is -0.206. The first kappa shape index (κ1) is 18.2. The summed E-state index contributed by atoms with van der Waals surface area (Å²) < 4.78 is 27.9. The van der Waals surface area contributed by atoms with Gasteiger partial charge in [-0.2, -0.15) is 5.10 Å². The van der Waals surface area contributed by atoms with Gasteiger partial charge in [0.15, 0.2) is 0 Å². The van der Waals surface area contributed by atoms with E-state index in [-0.39, 0.29) is 17.4 Å². The van der Waals surface area contributed by atoms with Crippen LogP contribution in [0.25, 0.3) is 0 Å². The molecule has 8 nitrogen and oxygen atoms in total. The first-order valence-corrected chi connectivity index (χ1v) is 9.76. The molecule has 0 aromatic carbocycles. The lowest BCUT2D eigenvalue weighted by Crippen LogP contribution is -2.31. The first-order chi connectivity index (χ1) is 10.9. The lowest BCUT2D eigenvalue weighted by atomic mass is 9.99. The average Bonchev–Trinajstić information content (AvgIpc) is 2.84. The minimum absolute atomic E-state index is 0.0196. The van der Waals surface area contributed by atoms with E-state index in [0.29, 0.717) is 19.5 Å². The van der Waals surface area contributed by atoms with Crippen molar-refractivity contribution in [1.29, 1.82) is 0 Å². The highest BCUT2D eigenvalue weighted by Gasteiger charge is 2.23. The van der Waals surface area contributed by atoms with Gasteiger partial charge in [0.2, 0.25) is 10.0 Å². The molecule has 1 aromatic rings. The molecule has 1 aliphatic rings. The molecule has 1 fully saturated rings. The van der Waals surface area contributed by atoms with Crippen molar-refractivity contribution in [2.45, 2.75) is 45.2 Å². The Labute approximate surface area is 137 Å². The number of hydrogen-bond acceptors (Lipinski definition) is 5. The van der Waals surface area contributed by atoms with Crippen LogP contribution in [0.5, 0.6) is 0 Å². The second-order valence-corrected chi connectivity index (χ2v) is 8.41. The number of piperidine rings is 1. The van der Waals surface area contributed by atoms with Gasteiger partial charge < -0.3 is 5.32 Å². The van der Waals surface area contributed by atoms with E-state index in [9.17, 15) is 13.2 Å². The molecule has 0 amide bonds. The van der Waals surface area contributed by atoms with Crippen molar-refractivity contribution in [2.24, 2.45) is 0 Å². The minimum Gasteiger partial charge on any atom is -0.316 e. The van der Waals surface area contributed by atoms with E-state index in [2.05, 4.69) is 10.4 Å². The van der Waals surface area contributed by atoms with Crippen molar-refractivity contribution in [2.75, 3.05) is 32.9 Å². The molecule has 23 heavy (non-hydrogen) atoms. The van der Waals surface area contributed by atoms with Crippen LogP contribution < -0.4 is 11.0 Å². The zero-order valence-electron chi connectivity index (χ0n) is 14.2. The van der Waals surface area contributed by atoms with E-state index in [1.54, 1.807) is 4.57 Å². The quantitative estimate of drug-likeness (QED) is 0.740. The Balaban J connectivity index is 2.11. The molecule has 0 saturated carbocycles. The third-order valence-corrected chi connectivity index (χ3v) is 6.18. The lowest BCUT2D eigenvalue weighted by Gasteiger charge is -2.21. The molecule has 9 heteroatoms. The molecule has 2 heterocycles. The topological polar surface area (TPSA) is 89.2 Å². The lowest BCUT2D eigenvalue weighted by molar-refractivity contribution is 0.430. The van der Waals surface area contributed by atoms with Crippen LogP contribution in [0, 0.1) is 0 Å². The number of sulfonamides is 1. The Morgan fingerprint density at radius 2 is 2.13 bits per heavy atom. The van der Waals surface area contributed by atoms with E-state index in [1.807, 2.05) is 6.92 Å². The van der Waals surface area contributed by atoms with Crippen molar-refractivity contribution in [3.05, 3.63) is 16.3 Å². The molecule has 1 saturated heterocycles. The summed E-state index contributed by atoms with van der Waals surface area (Å²) in [6.07, 6.45) is 2.48. The molecule has 2 rings (SSSR count). The molecule has 132 valence electrons. The molecule has 0 radical (unpaired) electrons. The third-order valence-electron chi connectivity index (χ3n) is 4.26. The van der Waals surface area contributed by atoms with Gasteiger partial charge in [0.25, 0.3) is 0 Å². The van der Waals surface area contributed by atoms with Crippen LogP contribution in [0.15, 0.2) is 4.79 Å². The number of aryl methyl sites for hydroxylation is 1. The van der Waals surface area contributed by atoms with Gasteiger partial charge in [-0.15, -0.1) is 0 Å². The highest BCUT2D eigenvalue weighted by Crippen LogP contribution is 2.20. The minimum atomic E-state index is -3.24. The first-order valence-electron chi connectivity index (χ1n) is 8.15. The van der Waals surface area contributed by atoms with E-state index in [1.165, 1.54) is 23.1 Å². The maximum Gasteiger partial charge on any atom is 0.345 e. The third kappa shape index (κ3) is 4.21. The van der Waals surface area contributed by atoms with Gasteiger partial charge in [-0.25, -0.2) is 22.2 Å². The average molecular weight is 345 g/mol. The van der Waals surface area contributed by atoms with Crippen molar-refractivity contribution in [1.82, 2.24) is 24.0 Å². The van der Waals surface area contributed by atoms with E-state index in [0.717, 1.165) is 31.8 Å². The highest BCUT2D eigenvalue weighted by atomic mass is 32.2. The number of aromatic nitrogens is 3. The predicted octanol–water partition coefficient (Wildman–Crippen LogP) is -0.187. The summed E-state index contributed by atoms with van der Waals surface area (Å²) in [5, 5.41) is 7.83. The van der Waals surface area contributed by atoms with Crippen molar-refractivity contribution >= 4 is 10.0 Å². The number of rotatable bonds is 7. The fraction of sp³-hybridized carbons (Fsp3) is 0.857. The SMILES string of the molecule is CCn1c(C2CCCNC2)nn(CCCS(=O)(=O)N(C)C)c1=O. The molecule has 0 spiro atoms. The largest absolute Gasteiger partial charge is 0.345 e. The summed E-state index contributed by atoms with van der Waals surface area (Å²) in [6, 6.07) is 0. The van der Waals surface area contributed by atoms with E-state index in [4.69, 9.17) is 0 Å². The number of nitrogens with zero attached hydrogens (tertiary/aromatic N) is 4. The van der Waals surface area contributed by atoms with Crippen LogP contribution in [0.2, 0.25) is 0 Å². The molecular formula is C14H27N5O3S. The zero-order chi connectivity index (χ0) is 17.0. The molecule has 1 aromatic heterocycles. The fourth-order valence-electron chi connectivity index (χ4n) is 2.85. The Kier molecular flexibility index (Phi) is 5.99. The molecule has 1 aliphatic heterocycles. The van der Waals surface area contributed by atoms with Crippen LogP contribution >= 0.6 is 0 Å². The molecular weight excluding hydrogens is 318 g/mol. The monoisotopic (exact) mass is 345 g/mol. The Morgan fingerprint density at radius 1 is 1.39 bits per heavy atom. The van der Waals surface area contributed by atoms with Gasteiger partial charge >= 0.3 is 5.69 Å². The van der Waals surface area contributed by atoms with Crippen LogP contribution in [0.3, 0.4) is 0 Å². The second kappa shape index (κ2) is 7.59. The molecule has 0 bridgehead atoms. The van der Waals surface area contributed by atoms with Crippen molar-refractivity contribution < 1.29 is 8.42 Å². The van der Waals surface area contributed by atoms with Crippen LogP contribution in [0.1, 0.15) is 37.9 Å². The highest BCUT2D eigenvalue weighted by molar-refractivity contribution is 7.89. The summed E-state index contributed by atoms with van der Waals surface area (Å²) in [5.74, 6) is 1.09. The van der Waals surface area contributed by atoms with Gasteiger partial charge in [0.05, 0.1) is 5.75 Å². The van der Waals surface area contributed by atoms with Gasteiger partial charge in [0.1, 0.15) is 5.82 Å². The van der Waals surface area contributed by atoms with Crippen LogP contribution in [-0.4, -0.2) is 60.0 Å².